The summed E-state index contributed by atoms with van der Waals surface area (Å²) in [5, 5.41) is 13.5. The van der Waals surface area contributed by atoms with Gasteiger partial charge in [0.1, 0.15) is 0 Å². The fourth-order valence-electron chi connectivity index (χ4n) is 9.05. The highest BCUT2D eigenvalue weighted by atomic mass is 16.2. The Morgan fingerprint density at radius 3 is 2.55 bits per heavy atom. The average Bonchev–Trinajstić information content (AvgIpc) is 3.87. The van der Waals surface area contributed by atoms with Gasteiger partial charge in [0, 0.05) is 104 Å². The Balaban J connectivity index is 0.911. The number of anilines is 2. The first-order valence-electron chi connectivity index (χ1n) is 20.1. The molecule has 2 aromatic carbocycles. The minimum Gasteiger partial charge on any atom is -0.369 e. The van der Waals surface area contributed by atoms with E-state index >= 15 is 0 Å². The molecular weight excluding hydrogens is 705 g/mol. The Labute approximate surface area is 329 Å². The molecule has 6 N–H and O–H groups in total. The number of likely N-dealkylation sites (tertiary alicyclic amines) is 1. The zero-order valence-corrected chi connectivity index (χ0v) is 33.5. The van der Waals surface area contributed by atoms with E-state index in [1.165, 1.54) is 0 Å². The first-order valence-corrected chi connectivity index (χ1v) is 20.1. The Bertz CT molecular complexity index is 2180. The maximum absolute atomic E-state index is 14.1. The summed E-state index contributed by atoms with van der Waals surface area (Å²) in [6.45, 7) is 16.6. The summed E-state index contributed by atoms with van der Waals surface area (Å²) in [7, 11) is 0. The van der Waals surface area contributed by atoms with E-state index in [0.29, 0.717) is 49.6 Å². The number of carbonyl (C=O) groups excluding carboxylic acids is 3. The number of nitrogen functional groups attached to an aromatic ring is 1. The molecule has 296 valence electrons. The molecule has 4 aromatic rings. The quantitative estimate of drug-likeness (QED) is 0.164. The van der Waals surface area contributed by atoms with E-state index in [-0.39, 0.29) is 29.1 Å². The summed E-state index contributed by atoms with van der Waals surface area (Å²) >= 11 is 0. The molecule has 0 saturated carbocycles. The number of hydrogen-bond donors (Lipinski definition) is 4. The molecule has 1 aliphatic carbocycles. The summed E-state index contributed by atoms with van der Waals surface area (Å²) in [6, 6.07) is 11.4. The van der Waals surface area contributed by atoms with Gasteiger partial charge in [-0.2, -0.15) is 5.26 Å². The van der Waals surface area contributed by atoms with Gasteiger partial charge in [0.25, 0.3) is 0 Å². The maximum atomic E-state index is 14.1. The second-order valence-electron chi connectivity index (χ2n) is 17.1. The highest BCUT2D eigenvalue weighted by Gasteiger charge is 2.42. The molecule has 2 saturated heterocycles. The van der Waals surface area contributed by atoms with Crippen LogP contribution in [0.5, 0.6) is 0 Å². The molecule has 0 unspecified atom stereocenters. The van der Waals surface area contributed by atoms with Gasteiger partial charge < -0.3 is 41.0 Å². The number of carbonyl (C=O) groups is 3. The molecule has 0 radical (unpaired) electrons. The number of aromatic amines is 1. The van der Waals surface area contributed by atoms with E-state index in [0.717, 1.165) is 91.0 Å². The van der Waals surface area contributed by atoms with Crippen molar-refractivity contribution < 1.29 is 14.4 Å². The molecule has 2 aliphatic heterocycles. The number of benzene rings is 2. The van der Waals surface area contributed by atoms with Gasteiger partial charge in [0.2, 0.25) is 11.8 Å². The van der Waals surface area contributed by atoms with Crippen molar-refractivity contribution >= 4 is 40.1 Å². The molecule has 2 fully saturated rings. The van der Waals surface area contributed by atoms with Crippen LogP contribution in [0.2, 0.25) is 0 Å². The van der Waals surface area contributed by atoms with Gasteiger partial charge in [-0.3, -0.25) is 14.4 Å². The number of aromatic nitrogens is 3. The smallest absolute Gasteiger partial charge is 0.237 e. The van der Waals surface area contributed by atoms with Crippen molar-refractivity contribution in [1.29, 1.82) is 5.26 Å². The average molecular weight is 761 g/mol. The van der Waals surface area contributed by atoms with E-state index in [1.807, 2.05) is 27.8 Å². The first kappa shape index (κ1) is 39.1. The Morgan fingerprint density at radius 2 is 1.86 bits per heavy atom. The van der Waals surface area contributed by atoms with Gasteiger partial charge in [-0.1, -0.05) is 40.7 Å². The fraction of sp³-hybridized carbons (Fsp3) is 0.512. The SMILES string of the molecule is CCc1cc2c(cc1N1CCN(C(=O)CCCN3C[C@H](NC(=O)[C@@H](N)CCCn4ccnc4N)C(C)(C)C3)CC1)C(C)(C)c1[nH]c3cc(C#N)ccc3c1C2=O. The Hall–Kier alpha value is -5.19. The van der Waals surface area contributed by atoms with Crippen LogP contribution in [0.1, 0.15) is 98.6 Å². The summed E-state index contributed by atoms with van der Waals surface area (Å²) in [5.41, 5.74) is 18.5. The number of nitrogens with zero attached hydrogens (tertiary/aromatic N) is 6. The second kappa shape index (κ2) is 15.4. The number of H-pyrrole nitrogens is 1. The predicted octanol–water partition coefficient (Wildman–Crippen LogP) is 4.31. The van der Waals surface area contributed by atoms with Crippen molar-refractivity contribution in [2.24, 2.45) is 11.1 Å². The van der Waals surface area contributed by atoms with Crippen molar-refractivity contribution in [2.75, 3.05) is 56.4 Å². The maximum Gasteiger partial charge on any atom is 0.237 e. The number of piperazine rings is 1. The first-order chi connectivity index (χ1) is 26.7. The lowest BCUT2D eigenvalue weighted by Gasteiger charge is -2.39. The number of nitrogens with one attached hydrogen (secondary N) is 2. The standard InChI is InChI=1S/C43H56N10O3/c1-6-28-22-30-31(43(4,5)39-37(38(30)55)29-12-11-27(24-44)21-33(29)48-39)23-34(28)51-17-19-52(20-18-51)36(54)10-8-14-50-25-35(42(2,3)26-50)49-40(56)32(45)9-7-15-53-16-13-47-41(53)46/h11-13,16,21-23,32,35,48H,6-10,14-15,17-20,25-26,45H2,1-5H3,(H2,46,47)(H,49,56)/t32-,35-/m0/s1. The minimum atomic E-state index is -0.589. The molecule has 2 atom stereocenters. The van der Waals surface area contributed by atoms with Crippen LogP contribution in [0.3, 0.4) is 0 Å². The molecule has 2 aromatic heterocycles. The van der Waals surface area contributed by atoms with Gasteiger partial charge in [-0.15, -0.1) is 0 Å². The molecule has 13 nitrogen and oxygen atoms in total. The van der Waals surface area contributed by atoms with Gasteiger partial charge in [-0.05, 0) is 73.0 Å². The molecule has 4 heterocycles. The lowest BCUT2D eigenvalue weighted by Crippen LogP contribution is -2.50. The number of nitriles is 1. The minimum absolute atomic E-state index is 0.0171. The number of rotatable bonds is 12. The summed E-state index contributed by atoms with van der Waals surface area (Å²) in [5.74, 6) is 0.524. The third-order valence-corrected chi connectivity index (χ3v) is 12.5. The summed E-state index contributed by atoms with van der Waals surface area (Å²) in [6.07, 6.45) is 6.80. The zero-order valence-electron chi connectivity index (χ0n) is 33.5. The van der Waals surface area contributed by atoms with Crippen LogP contribution in [0.4, 0.5) is 11.6 Å². The highest BCUT2D eigenvalue weighted by molar-refractivity contribution is 6.20. The zero-order chi connectivity index (χ0) is 39.9. The highest BCUT2D eigenvalue weighted by Crippen LogP contribution is 2.46. The second-order valence-corrected chi connectivity index (χ2v) is 17.1. The molecule has 3 aliphatic rings. The molecular formula is C43H56N10O3. The monoisotopic (exact) mass is 760 g/mol. The number of amides is 2. The third kappa shape index (κ3) is 7.40. The summed E-state index contributed by atoms with van der Waals surface area (Å²) < 4.78 is 1.85. The van der Waals surface area contributed by atoms with E-state index in [1.54, 1.807) is 12.3 Å². The number of hydrogen-bond acceptors (Lipinski definition) is 9. The van der Waals surface area contributed by atoms with E-state index < -0.39 is 11.5 Å². The number of ketones is 1. The van der Waals surface area contributed by atoms with Crippen LogP contribution >= 0.6 is 0 Å². The lowest BCUT2D eigenvalue weighted by atomic mass is 9.70. The van der Waals surface area contributed by atoms with Gasteiger partial charge >= 0.3 is 0 Å². The normalized spacial score (nSPS) is 19.4. The number of nitrogens with two attached hydrogens (primary N) is 2. The van der Waals surface area contributed by atoms with Crippen molar-refractivity contribution in [3.8, 4) is 6.07 Å². The van der Waals surface area contributed by atoms with Gasteiger partial charge in [0.05, 0.1) is 23.2 Å². The predicted molar refractivity (Wildman–Crippen MR) is 218 cm³/mol. The molecule has 56 heavy (non-hydrogen) atoms. The molecule has 2 amide bonds. The van der Waals surface area contributed by atoms with E-state index in [2.05, 4.69) is 77.9 Å². The van der Waals surface area contributed by atoms with Gasteiger partial charge in [-0.25, -0.2) is 4.98 Å². The molecule has 13 heteroatoms. The van der Waals surface area contributed by atoms with Crippen LogP contribution < -0.4 is 21.7 Å². The number of aryl methyl sites for hydroxylation is 2. The third-order valence-electron chi connectivity index (χ3n) is 12.5. The van der Waals surface area contributed by atoms with Crippen LogP contribution in [0.15, 0.2) is 42.7 Å². The summed E-state index contributed by atoms with van der Waals surface area (Å²) in [4.78, 5) is 54.7. The lowest BCUT2D eigenvalue weighted by molar-refractivity contribution is -0.131. The largest absolute Gasteiger partial charge is 0.369 e. The van der Waals surface area contributed by atoms with Crippen molar-refractivity contribution in [1.82, 2.24) is 29.7 Å². The number of imidazole rings is 1. The molecule has 0 bridgehead atoms. The molecule has 7 rings (SSSR count). The van der Waals surface area contributed by atoms with Crippen LogP contribution in [-0.4, -0.2) is 99.8 Å². The van der Waals surface area contributed by atoms with E-state index in [9.17, 15) is 19.6 Å². The molecule has 0 spiro atoms. The van der Waals surface area contributed by atoms with E-state index in [4.69, 9.17) is 11.5 Å². The Morgan fingerprint density at radius 1 is 1.09 bits per heavy atom. The topological polar surface area (TPSA) is 182 Å². The Kier molecular flexibility index (Phi) is 10.7. The number of fused-ring (bicyclic) bond motifs is 4. The van der Waals surface area contributed by atoms with Crippen molar-refractivity contribution in [3.05, 3.63) is 76.2 Å². The van der Waals surface area contributed by atoms with Crippen LogP contribution in [0.25, 0.3) is 10.9 Å². The van der Waals surface area contributed by atoms with Crippen molar-refractivity contribution in [3.63, 3.8) is 0 Å². The van der Waals surface area contributed by atoms with Crippen molar-refractivity contribution in [2.45, 2.75) is 90.8 Å². The van der Waals surface area contributed by atoms with Crippen LogP contribution in [0, 0.1) is 16.7 Å². The van der Waals surface area contributed by atoms with Gasteiger partial charge in [0.15, 0.2) is 11.7 Å². The van der Waals surface area contributed by atoms with Crippen LogP contribution in [-0.2, 0) is 28.0 Å². The fourth-order valence-corrected chi connectivity index (χ4v) is 9.05.